The highest BCUT2D eigenvalue weighted by molar-refractivity contribution is 7.92. The topological polar surface area (TPSA) is 119 Å². The number of carbonyl (C=O) groups excluding carboxylic acids is 1. The molecule has 0 atom stereocenters. The van der Waals surface area contributed by atoms with Crippen molar-refractivity contribution in [1.29, 1.82) is 0 Å². The van der Waals surface area contributed by atoms with Crippen molar-refractivity contribution in [3.05, 3.63) is 76.7 Å². The molecule has 0 saturated carbocycles. The zero-order valence-corrected chi connectivity index (χ0v) is 23.9. The van der Waals surface area contributed by atoms with Crippen LogP contribution in [-0.4, -0.2) is 40.1 Å². The number of rotatable bonds is 10. The summed E-state index contributed by atoms with van der Waals surface area (Å²) in [6.45, 7) is 5.34. The average molecular weight is 567 g/mol. The molecule has 0 aliphatic rings. The van der Waals surface area contributed by atoms with Crippen LogP contribution in [0.2, 0.25) is 0 Å². The first-order valence-electron chi connectivity index (χ1n) is 12.0. The van der Waals surface area contributed by atoms with Crippen LogP contribution in [0, 0.1) is 20.8 Å². The quantitative estimate of drug-likeness (QED) is 0.229. The second kappa shape index (κ2) is 11.7. The van der Waals surface area contributed by atoms with E-state index in [-0.39, 0.29) is 11.5 Å². The van der Waals surface area contributed by atoms with Gasteiger partial charge in [-0.3, -0.25) is 9.52 Å². The number of aromatic nitrogens is 1. The van der Waals surface area contributed by atoms with E-state index in [9.17, 15) is 13.2 Å². The van der Waals surface area contributed by atoms with Gasteiger partial charge in [0.2, 0.25) is 0 Å². The lowest BCUT2D eigenvalue weighted by atomic mass is 10.1. The maximum absolute atomic E-state index is 12.9. The van der Waals surface area contributed by atoms with E-state index < -0.39 is 15.9 Å². The highest BCUT2D eigenvalue weighted by Crippen LogP contribution is 2.32. The number of benzene rings is 3. The molecule has 0 spiro atoms. The molecule has 39 heavy (non-hydrogen) atoms. The molecule has 0 radical (unpaired) electrons. The van der Waals surface area contributed by atoms with E-state index in [0.29, 0.717) is 28.4 Å². The molecule has 0 bridgehead atoms. The molecule has 0 fully saturated rings. The minimum absolute atomic E-state index is 0.0973. The van der Waals surface area contributed by atoms with Gasteiger partial charge in [0, 0.05) is 23.7 Å². The molecular formula is C28H30N4O5S2. The van der Waals surface area contributed by atoms with Crippen molar-refractivity contribution >= 4 is 43.8 Å². The number of methoxy groups -OCH3 is 1. The highest BCUT2D eigenvalue weighted by Gasteiger charge is 2.17. The summed E-state index contributed by atoms with van der Waals surface area (Å²) in [5.41, 5.74) is 5.22. The van der Waals surface area contributed by atoms with E-state index in [0.717, 1.165) is 27.5 Å². The van der Waals surface area contributed by atoms with E-state index in [1.807, 2.05) is 31.4 Å². The predicted molar refractivity (Wildman–Crippen MR) is 156 cm³/mol. The number of nitrogens with one attached hydrogen (secondary N) is 3. The van der Waals surface area contributed by atoms with Crippen LogP contribution in [0.3, 0.4) is 0 Å². The number of nitrogens with zero attached hydrogens (tertiary/aromatic N) is 1. The molecule has 4 aromatic rings. The van der Waals surface area contributed by atoms with Crippen molar-refractivity contribution in [3.8, 4) is 22.8 Å². The van der Waals surface area contributed by atoms with Gasteiger partial charge >= 0.3 is 0 Å². The Hall–Kier alpha value is -4.09. The number of hydrogen-bond donors (Lipinski definition) is 3. The molecule has 1 amide bonds. The Labute approximate surface area is 232 Å². The Morgan fingerprint density at radius 3 is 2.38 bits per heavy atom. The number of sulfonamides is 1. The fraction of sp³-hybridized carbons (Fsp3) is 0.214. The zero-order chi connectivity index (χ0) is 28.2. The summed E-state index contributed by atoms with van der Waals surface area (Å²) in [4.78, 5) is 17.3. The van der Waals surface area contributed by atoms with Crippen LogP contribution < -0.4 is 24.8 Å². The van der Waals surface area contributed by atoms with Crippen molar-refractivity contribution in [2.24, 2.45) is 0 Å². The van der Waals surface area contributed by atoms with Gasteiger partial charge in [-0.25, -0.2) is 13.4 Å². The third-order valence-electron chi connectivity index (χ3n) is 6.06. The van der Waals surface area contributed by atoms with Crippen molar-refractivity contribution in [2.75, 3.05) is 36.1 Å². The Kier molecular flexibility index (Phi) is 8.41. The maximum Gasteiger partial charge on any atom is 0.262 e. The number of thiazole rings is 1. The minimum atomic E-state index is -3.80. The van der Waals surface area contributed by atoms with Gasteiger partial charge in [-0.2, -0.15) is 0 Å². The van der Waals surface area contributed by atoms with Crippen LogP contribution in [0.5, 0.6) is 11.5 Å². The molecule has 204 valence electrons. The molecule has 9 nitrogen and oxygen atoms in total. The van der Waals surface area contributed by atoms with E-state index in [2.05, 4.69) is 20.3 Å². The predicted octanol–water partition coefficient (Wildman–Crippen LogP) is 5.60. The smallest absolute Gasteiger partial charge is 0.262 e. The third-order valence-corrected chi connectivity index (χ3v) is 8.30. The van der Waals surface area contributed by atoms with E-state index in [1.54, 1.807) is 44.3 Å². The van der Waals surface area contributed by atoms with Crippen LogP contribution in [0.15, 0.2) is 64.9 Å². The molecule has 0 aliphatic carbocycles. The number of aryl methyl sites for hydroxylation is 3. The fourth-order valence-corrected chi connectivity index (χ4v) is 5.60. The highest BCUT2D eigenvalue weighted by atomic mass is 32.2. The van der Waals surface area contributed by atoms with Crippen LogP contribution >= 0.6 is 11.3 Å². The van der Waals surface area contributed by atoms with E-state index >= 15 is 0 Å². The minimum Gasteiger partial charge on any atom is -0.495 e. The molecule has 4 rings (SSSR count). The number of hydrogen-bond acceptors (Lipinski definition) is 8. The maximum atomic E-state index is 12.9. The lowest BCUT2D eigenvalue weighted by molar-refractivity contribution is -0.118. The summed E-state index contributed by atoms with van der Waals surface area (Å²) < 4.78 is 39.5. The summed E-state index contributed by atoms with van der Waals surface area (Å²) in [6, 6.07) is 15.3. The first-order valence-corrected chi connectivity index (χ1v) is 14.4. The zero-order valence-electron chi connectivity index (χ0n) is 22.3. The summed E-state index contributed by atoms with van der Waals surface area (Å²) in [5.74, 6) is 0.503. The van der Waals surface area contributed by atoms with Gasteiger partial charge in [0.1, 0.15) is 11.5 Å². The Balaban J connectivity index is 1.42. The van der Waals surface area contributed by atoms with Crippen LogP contribution in [0.25, 0.3) is 11.3 Å². The summed E-state index contributed by atoms with van der Waals surface area (Å²) in [6.07, 6.45) is 0. The van der Waals surface area contributed by atoms with Gasteiger partial charge in [0.05, 0.1) is 23.4 Å². The van der Waals surface area contributed by atoms with E-state index in [1.165, 1.54) is 30.6 Å². The van der Waals surface area contributed by atoms with Crippen molar-refractivity contribution in [2.45, 2.75) is 25.7 Å². The summed E-state index contributed by atoms with van der Waals surface area (Å²) in [7, 11) is -0.466. The number of ether oxygens (including phenoxy) is 2. The van der Waals surface area contributed by atoms with Crippen molar-refractivity contribution in [3.63, 3.8) is 0 Å². The van der Waals surface area contributed by atoms with Gasteiger partial charge in [0.25, 0.3) is 15.9 Å². The van der Waals surface area contributed by atoms with E-state index in [4.69, 9.17) is 9.47 Å². The molecule has 0 aliphatic heterocycles. The first kappa shape index (κ1) is 27.9. The van der Waals surface area contributed by atoms with Crippen molar-refractivity contribution < 1.29 is 22.7 Å². The molecular weight excluding hydrogens is 536 g/mol. The Morgan fingerprint density at radius 2 is 1.72 bits per heavy atom. The normalized spacial score (nSPS) is 11.1. The number of anilines is 3. The SMILES string of the molecule is CNc1nc(-c2ccc(OC)c(NC(=O)COc3ccc(S(=O)(=O)Nc4ccc(C)c(C)c4)cc3C)c2)cs1. The molecule has 3 N–H and O–H groups in total. The molecule has 11 heteroatoms. The van der Waals surface area contributed by atoms with Gasteiger partial charge in [-0.15, -0.1) is 11.3 Å². The van der Waals surface area contributed by atoms with Gasteiger partial charge in [-0.05, 0) is 86.0 Å². The second-order valence-electron chi connectivity index (χ2n) is 8.87. The summed E-state index contributed by atoms with van der Waals surface area (Å²) in [5, 5.41) is 8.54. The fourth-order valence-electron chi connectivity index (χ4n) is 3.79. The average Bonchev–Trinajstić information content (AvgIpc) is 3.39. The standard InChI is InChI=1S/C28H30N4O5S2/c1-17-6-8-21(12-18(17)2)32-39(34,35)22-9-11-25(19(3)13-22)37-15-27(33)30-23-14-20(7-10-26(23)36-5)24-16-38-28(29-4)31-24/h6-14,16,32H,15H2,1-5H3,(H,29,31)(H,30,33). The lowest BCUT2D eigenvalue weighted by Crippen LogP contribution is -2.21. The molecule has 1 aromatic heterocycles. The van der Waals surface area contributed by atoms with Crippen LogP contribution in [0.1, 0.15) is 16.7 Å². The van der Waals surface area contributed by atoms with Gasteiger partial charge in [0.15, 0.2) is 11.7 Å². The first-order chi connectivity index (χ1) is 18.6. The molecule has 0 saturated heterocycles. The number of amides is 1. The lowest BCUT2D eigenvalue weighted by Gasteiger charge is -2.14. The largest absolute Gasteiger partial charge is 0.495 e. The molecule has 0 unspecified atom stereocenters. The van der Waals surface area contributed by atoms with Crippen LogP contribution in [-0.2, 0) is 14.8 Å². The molecule has 1 heterocycles. The second-order valence-corrected chi connectivity index (χ2v) is 11.4. The third kappa shape index (κ3) is 6.68. The van der Waals surface area contributed by atoms with Gasteiger partial charge < -0.3 is 20.1 Å². The monoisotopic (exact) mass is 566 g/mol. The Bertz CT molecular complexity index is 1620. The van der Waals surface area contributed by atoms with Crippen molar-refractivity contribution in [1.82, 2.24) is 4.98 Å². The molecule has 3 aromatic carbocycles. The van der Waals surface area contributed by atoms with Gasteiger partial charge in [-0.1, -0.05) is 6.07 Å². The van der Waals surface area contributed by atoms with Crippen LogP contribution in [0.4, 0.5) is 16.5 Å². The Morgan fingerprint density at radius 1 is 0.949 bits per heavy atom. The number of carbonyl (C=O) groups is 1. The summed E-state index contributed by atoms with van der Waals surface area (Å²) >= 11 is 1.48.